The molecule has 0 aromatic heterocycles. The average Bonchev–Trinajstić information content (AvgIpc) is 3.22. The van der Waals surface area contributed by atoms with Crippen molar-refractivity contribution in [1.82, 2.24) is 14.9 Å². The third-order valence-corrected chi connectivity index (χ3v) is 6.74. The molecule has 2 aromatic carbocycles. The first-order valence-electron chi connectivity index (χ1n) is 9.08. The Kier molecular flexibility index (Phi) is 7.21. The van der Waals surface area contributed by atoms with Gasteiger partial charge in [-0.1, -0.05) is 29.8 Å². The molecule has 0 spiro atoms. The van der Waals surface area contributed by atoms with E-state index in [9.17, 15) is 26.8 Å². The van der Waals surface area contributed by atoms with Gasteiger partial charge in [0.25, 0.3) is 0 Å². The molecule has 3 rings (SSSR count). The predicted molar refractivity (Wildman–Crippen MR) is 106 cm³/mol. The number of nitrogens with one attached hydrogen (secondary N) is 2. The lowest BCUT2D eigenvalue weighted by molar-refractivity contribution is -0.139. The van der Waals surface area contributed by atoms with Crippen molar-refractivity contribution >= 4 is 33.4 Å². The molecule has 1 atom stereocenters. The molecule has 0 aliphatic carbocycles. The van der Waals surface area contributed by atoms with Gasteiger partial charge in [0.2, 0.25) is 10.0 Å². The van der Waals surface area contributed by atoms with Crippen molar-refractivity contribution in [1.29, 1.82) is 0 Å². The molecule has 31 heavy (non-hydrogen) atoms. The Bertz CT molecular complexity index is 1100. The summed E-state index contributed by atoms with van der Waals surface area (Å²) in [5.74, 6) is -4.00. The van der Waals surface area contributed by atoms with Crippen molar-refractivity contribution in [2.45, 2.75) is 17.7 Å². The van der Waals surface area contributed by atoms with Gasteiger partial charge in [0.15, 0.2) is 0 Å². The summed E-state index contributed by atoms with van der Waals surface area (Å²) in [4.78, 5) is 23.2. The maximum Gasteiger partial charge on any atom is 0.309 e. The quantitative estimate of drug-likeness (QED) is 0.617. The lowest BCUT2D eigenvalue weighted by Crippen LogP contribution is -2.47. The number of halogens is 3. The van der Waals surface area contributed by atoms with E-state index < -0.39 is 44.6 Å². The van der Waals surface area contributed by atoms with Gasteiger partial charge in [-0.05, 0) is 29.8 Å². The minimum atomic E-state index is -4.43. The van der Waals surface area contributed by atoms with Gasteiger partial charge in [0.05, 0.1) is 13.2 Å². The molecule has 1 heterocycles. The molecular weight excluding hydrogens is 456 g/mol. The van der Waals surface area contributed by atoms with E-state index in [1.165, 1.54) is 0 Å². The molecule has 1 fully saturated rings. The van der Waals surface area contributed by atoms with E-state index in [4.69, 9.17) is 16.3 Å². The van der Waals surface area contributed by atoms with Crippen LogP contribution in [0.5, 0.6) is 0 Å². The molecule has 2 amide bonds. The normalized spacial score (nSPS) is 16.8. The third kappa shape index (κ3) is 5.37. The average molecular weight is 474 g/mol. The number of hydrogen-bond donors (Lipinski definition) is 2. The third-order valence-electron chi connectivity index (χ3n) is 4.46. The first kappa shape index (κ1) is 23.1. The van der Waals surface area contributed by atoms with Gasteiger partial charge >= 0.3 is 11.8 Å². The van der Waals surface area contributed by atoms with Crippen LogP contribution in [0.25, 0.3) is 0 Å². The lowest BCUT2D eigenvalue weighted by Gasteiger charge is -2.23. The summed E-state index contributed by atoms with van der Waals surface area (Å²) in [6, 6.07) is 8.84. The van der Waals surface area contributed by atoms with Crippen molar-refractivity contribution < 1.29 is 31.5 Å². The number of carbonyl (C=O) groups is 2. The van der Waals surface area contributed by atoms with Gasteiger partial charge in [0.1, 0.15) is 22.8 Å². The number of benzene rings is 2. The molecule has 0 unspecified atom stereocenters. The Morgan fingerprint density at radius 2 is 1.84 bits per heavy atom. The maximum atomic E-state index is 14.0. The molecular formula is C19H18ClF2N3O5S. The van der Waals surface area contributed by atoms with E-state index >= 15 is 0 Å². The van der Waals surface area contributed by atoms with E-state index in [0.29, 0.717) is 22.7 Å². The fourth-order valence-corrected chi connectivity index (χ4v) is 4.69. The molecule has 8 nitrogen and oxygen atoms in total. The monoisotopic (exact) mass is 473 g/mol. The molecule has 0 radical (unpaired) electrons. The van der Waals surface area contributed by atoms with Crippen molar-refractivity contribution in [3.63, 3.8) is 0 Å². The van der Waals surface area contributed by atoms with Gasteiger partial charge in [-0.3, -0.25) is 9.59 Å². The van der Waals surface area contributed by atoms with Crippen LogP contribution in [0, 0.1) is 11.6 Å². The highest BCUT2D eigenvalue weighted by atomic mass is 35.5. The Labute approximate surface area is 182 Å². The predicted octanol–water partition coefficient (Wildman–Crippen LogP) is 1.40. The number of nitrogens with zero attached hydrogens (tertiary/aromatic N) is 1. The highest BCUT2D eigenvalue weighted by molar-refractivity contribution is 7.89. The van der Waals surface area contributed by atoms with E-state index in [0.717, 1.165) is 10.4 Å². The zero-order valence-corrected chi connectivity index (χ0v) is 17.6. The van der Waals surface area contributed by atoms with Gasteiger partial charge in [0, 0.05) is 18.1 Å². The van der Waals surface area contributed by atoms with Crippen molar-refractivity contribution in [2.24, 2.45) is 0 Å². The first-order valence-corrected chi connectivity index (χ1v) is 10.9. The minimum absolute atomic E-state index is 0.0184. The van der Waals surface area contributed by atoms with Crippen LogP contribution < -0.4 is 10.6 Å². The number of hydrogen-bond acceptors (Lipinski definition) is 5. The first-order chi connectivity index (χ1) is 14.7. The Morgan fingerprint density at radius 1 is 1.13 bits per heavy atom. The van der Waals surface area contributed by atoms with E-state index in [2.05, 4.69) is 10.6 Å². The zero-order chi connectivity index (χ0) is 22.6. The highest BCUT2D eigenvalue weighted by Gasteiger charge is 2.38. The maximum absolute atomic E-state index is 14.0. The zero-order valence-electron chi connectivity index (χ0n) is 16.0. The van der Waals surface area contributed by atoms with Gasteiger partial charge in [-0.15, -0.1) is 0 Å². The number of sulfonamides is 1. The van der Waals surface area contributed by atoms with Gasteiger partial charge in [-0.2, -0.15) is 4.31 Å². The van der Waals surface area contributed by atoms with Crippen LogP contribution in [0.3, 0.4) is 0 Å². The van der Waals surface area contributed by atoms with Crippen LogP contribution in [0.15, 0.2) is 47.4 Å². The van der Waals surface area contributed by atoms with Crippen molar-refractivity contribution in [3.8, 4) is 0 Å². The summed E-state index contributed by atoms with van der Waals surface area (Å²) in [6.07, 6.45) is -1.19. The molecule has 2 aromatic rings. The molecule has 166 valence electrons. The Hall–Kier alpha value is -2.60. The fraction of sp³-hybridized carbons (Fsp3) is 0.263. The summed E-state index contributed by atoms with van der Waals surface area (Å²) in [5, 5.41) is 5.09. The van der Waals surface area contributed by atoms with Crippen LogP contribution in [-0.4, -0.2) is 50.5 Å². The summed E-state index contributed by atoms with van der Waals surface area (Å²) in [5.41, 5.74) is 0.610. The SMILES string of the molecule is O=C(NCc1ccccc1Cl)C(=O)NC[C@H]1OCCN1S(=O)(=O)c1cc(F)ccc1F. The van der Waals surface area contributed by atoms with E-state index in [1.807, 2.05) is 0 Å². The summed E-state index contributed by atoms with van der Waals surface area (Å²) in [6.45, 7) is -0.493. The van der Waals surface area contributed by atoms with Crippen LogP contribution >= 0.6 is 11.6 Å². The Balaban J connectivity index is 1.60. The van der Waals surface area contributed by atoms with Crippen molar-refractivity contribution in [2.75, 3.05) is 19.7 Å². The standard InChI is InChI=1S/C19H18ClF2N3O5S/c20-14-4-2-1-3-12(14)10-23-18(26)19(27)24-11-17-25(7-8-30-17)31(28,29)16-9-13(21)5-6-15(16)22/h1-6,9,17H,7-8,10-11H2,(H,23,26)(H,24,27)/t17-/m1/s1. The largest absolute Gasteiger partial charge is 0.359 e. The fourth-order valence-electron chi connectivity index (χ4n) is 2.90. The lowest BCUT2D eigenvalue weighted by atomic mass is 10.2. The number of carbonyl (C=O) groups excluding carboxylic acids is 2. The smallest absolute Gasteiger partial charge is 0.309 e. The van der Waals surface area contributed by atoms with Crippen LogP contribution in [0.2, 0.25) is 5.02 Å². The molecule has 1 saturated heterocycles. The molecule has 0 saturated carbocycles. The molecule has 0 bridgehead atoms. The van der Waals surface area contributed by atoms with Crippen LogP contribution in [-0.2, 0) is 30.9 Å². The van der Waals surface area contributed by atoms with Crippen molar-refractivity contribution in [3.05, 3.63) is 64.7 Å². The summed E-state index contributed by atoms with van der Waals surface area (Å²) >= 11 is 5.98. The van der Waals surface area contributed by atoms with Crippen LogP contribution in [0.4, 0.5) is 8.78 Å². The summed E-state index contributed by atoms with van der Waals surface area (Å²) in [7, 11) is -4.43. The van der Waals surface area contributed by atoms with Gasteiger partial charge in [-0.25, -0.2) is 17.2 Å². The van der Waals surface area contributed by atoms with E-state index in [-0.39, 0.29) is 26.2 Å². The second-order valence-electron chi connectivity index (χ2n) is 6.50. The second-order valence-corrected chi connectivity index (χ2v) is 8.77. The number of rotatable bonds is 6. The van der Waals surface area contributed by atoms with Gasteiger partial charge < -0.3 is 15.4 Å². The number of amides is 2. The van der Waals surface area contributed by atoms with E-state index in [1.54, 1.807) is 24.3 Å². The molecule has 1 aliphatic rings. The van der Waals surface area contributed by atoms with Crippen LogP contribution in [0.1, 0.15) is 5.56 Å². The topological polar surface area (TPSA) is 105 Å². The number of ether oxygens (including phenoxy) is 1. The molecule has 2 N–H and O–H groups in total. The minimum Gasteiger partial charge on any atom is -0.359 e. The summed E-state index contributed by atoms with van der Waals surface area (Å²) < 4.78 is 58.9. The molecule has 1 aliphatic heterocycles. The molecule has 12 heteroatoms. The Morgan fingerprint density at radius 3 is 2.58 bits per heavy atom. The second kappa shape index (κ2) is 9.69. The highest BCUT2D eigenvalue weighted by Crippen LogP contribution is 2.25.